The van der Waals surface area contributed by atoms with E-state index < -0.39 is 15.9 Å². The minimum atomic E-state index is -3.48. The third kappa shape index (κ3) is 6.85. The van der Waals surface area contributed by atoms with Crippen molar-refractivity contribution in [2.24, 2.45) is 0 Å². The monoisotopic (exact) mass is 320 g/mol. The molecule has 0 saturated carbocycles. The highest BCUT2D eigenvalue weighted by atomic mass is 35.5. The number of carbonyl (C=O) groups is 1. The molecule has 0 aliphatic heterocycles. The van der Waals surface area contributed by atoms with Gasteiger partial charge >= 0.3 is 0 Å². The molecule has 0 aromatic heterocycles. The van der Waals surface area contributed by atoms with Gasteiger partial charge in [-0.2, -0.15) is 0 Å². The Morgan fingerprint density at radius 1 is 1.30 bits per heavy atom. The molecule has 0 unspecified atom stereocenters. The lowest BCUT2D eigenvalue weighted by molar-refractivity contribution is -0.120. The van der Waals surface area contributed by atoms with E-state index in [-0.39, 0.29) is 18.9 Å². The van der Waals surface area contributed by atoms with Crippen LogP contribution < -0.4 is 10.0 Å². The van der Waals surface area contributed by atoms with Crippen molar-refractivity contribution in [3.63, 3.8) is 0 Å². The lowest BCUT2D eigenvalue weighted by Crippen LogP contribution is -2.38. The number of hydrogen-bond donors (Lipinski definition) is 2. The lowest BCUT2D eigenvalue weighted by Gasteiger charge is -2.07. The van der Waals surface area contributed by atoms with Gasteiger partial charge in [0.1, 0.15) is 0 Å². The number of carbonyl (C=O) groups excluding carboxylic acids is 1. The van der Waals surface area contributed by atoms with Crippen LogP contribution in [0.15, 0.2) is 24.3 Å². The molecule has 1 aromatic rings. The number of hydrogen-bond acceptors (Lipinski definition) is 4. The molecule has 0 heterocycles. The van der Waals surface area contributed by atoms with Crippen LogP contribution in [0.1, 0.15) is 5.56 Å². The van der Waals surface area contributed by atoms with Crippen LogP contribution in [-0.2, 0) is 26.1 Å². The molecule has 0 aliphatic rings. The van der Waals surface area contributed by atoms with Gasteiger partial charge in [-0.05, 0) is 17.7 Å². The summed E-state index contributed by atoms with van der Waals surface area (Å²) in [6.07, 6.45) is 0. The van der Waals surface area contributed by atoms with Crippen molar-refractivity contribution in [1.82, 2.24) is 10.0 Å². The first-order valence-electron chi connectivity index (χ1n) is 5.90. The van der Waals surface area contributed by atoms with Crippen LogP contribution in [0.4, 0.5) is 0 Å². The molecule has 0 atom stereocenters. The topological polar surface area (TPSA) is 84.5 Å². The van der Waals surface area contributed by atoms with E-state index in [0.29, 0.717) is 11.6 Å². The summed E-state index contributed by atoms with van der Waals surface area (Å²) in [6, 6.07) is 7.00. The highest BCUT2D eigenvalue weighted by molar-refractivity contribution is 7.89. The zero-order chi connectivity index (χ0) is 15.0. The fraction of sp³-hybridized carbons (Fsp3) is 0.417. The van der Waals surface area contributed by atoms with Gasteiger partial charge in [-0.15, -0.1) is 0 Å². The van der Waals surface area contributed by atoms with E-state index in [1.54, 1.807) is 24.3 Å². The predicted molar refractivity (Wildman–Crippen MR) is 77.0 cm³/mol. The lowest BCUT2D eigenvalue weighted by atomic mass is 10.2. The number of sulfonamides is 1. The van der Waals surface area contributed by atoms with Crippen LogP contribution in [0.3, 0.4) is 0 Å². The Bertz CT molecular complexity index is 531. The Hall–Kier alpha value is -1.15. The van der Waals surface area contributed by atoms with Gasteiger partial charge in [0.2, 0.25) is 15.9 Å². The maximum Gasteiger partial charge on any atom is 0.235 e. The first kappa shape index (κ1) is 16.9. The van der Waals surface area contributed by atoms with E-state index in [0.717, 1.165) is 5.56 Å². The average molecular weight is 321 g/mol. The van der Waals surface area contributed by atoms with Crippen LogP contribution in [0.2, 0.25) is 5.02 Å². The number of ether oxygens (including phenoxy) is 1. The van der Waals surface area contributed by atoms with Gasteiger partial charge in [0.25, 0.3) is 0 Å². The zero-order valence-corrected chi connectivity index (χ0v) is 12.6. The van der Waals surface area contributed by atoms with Crippen molar-refractivity contribution in [2.45, 2.75) is 6.54 Å². The zero-order valence-electron chi connectivity index (χ0n) is 11.1. The molecule has 1 aromatic carbocycles. The average Bonchev–Trinajstić information content (AvgIpc) is 2.42. The van der Waals surface area contributed by atoms with Gasteiger partial charge in [0.15, 0.2) is 0 Å². The van der Waals surface area contributed by atoms with Crippen molar-refractivity contribution >= 4 is 27.5 Å². The summed E-state index contributed by atoms with van der Waals surface area (Å²) in [5.74, 6) is -0.575. The summed E-state index contributed by atoms with van der Waals surface area (Å²) in [4.78, 5) is 11.5. The van der Waals surface area contributed by atoms with E-state index in [1.165, 1.54) is 7.11 Å². The summed E-state index contributed by atoms with van der Waals surface area (Å²) in [5, 5.41) is 3.22. The number of rotatable bonds is 8. The predicted octanol–water partition coefficient (Wildman–Crippen LogP) is 0.522. The molecule has 20 heavy (non-hydrogen) atoms. The molecule has 0 spiro atoms. The van der Waals surface area contributed by atoms with E-state index in [2.05, 4.69) is 14.8 Å². The molecule has 112 valence electrons. The Labute approximate surface area is 123 Å². The number of halogens is 1. The second-order valence-corrected chi connectivity index (χ2v) is 6.40. The maximum atomic E-state index is 11.5. The van der Waals surface area contributed by atoms with Crippen molar-refractivity contribution < 1.29 is 17.9 Å². The third-order valence-electron chi connectivity index (χ3n) is 2.41. The Kier molecular flexibility index (Phi) is 6.94. The van der Waals surface area contributed by atoms with Gasteiger partial charge in [0.05, 0.1) is 18.9 Å². The molecule has 0 fully saturated rings. The molecule has 0 radical (unpaired) electrons. The van der Waals surface area contributed by atoms with Crippen LogP contribution in [-0.4, -0.2) is 40.3 Å². The van der Waals surface area contributed by atoms with Crippen molar-refractivity contribution in [2.75, 3.05) is 26.0 Å². The normalized spacial score (nSPS) is 11.3. The standard InChI is InChI=1S/C12H17ClN2O4S/c1-19-6-7-20(17,18)15-9-12(16)14-8-10-2-4-11(13)5-3-10/h2-5,15H,6-9H2,1H3,(H,14,16). The van der Waals surface area contributed by atoms with Gasteiger partial charge in [-0.3, -0.25) is 4.79 Å². The van der Waals surface area contributed by atoms with E-state index in [9.17, 15) is 13.2 Å². The third-order valence-corrected chi connectivity index (χ3v) is 3.95. The van der Waals surface area contributed by atoms with Gasteiger partial charge in [-0.25, -0.2) is 13.1 Å². The molecule has 1 amide bonds. The van der Waals surface area contributed by atoms with Gasteiger partial charge < -0.3 is 10.1 Å². The summed E-state index contributed by atoms with van der Waals surface area (Å²) in [7, 11) is -2.07. The van der Waals surface area contributed by atoms with E-state index >= 15 is 0 Å². The molecule has 1 rings (SSSR count). The highest BCUT2D eigenvalue weighted by Crippen LogP contribution is 2.08. The molecule has 0 saturated heterocycles. The van der Waals surface area contributed by atoms with Crippen LogP contribution in [0.5, 0.6) is 0 Å². The molecule has 6 nitrogen and oxygen atoms in total. The second-order valence-electron chi connectivity index (χ2n) is 4.04. The largest absolute Gasteiger partial charge is 0.384 e. The number of nitrogens with one attached hydrogen (secondary N) is 2. The van der Waals surface area contributed by atoms with E-state index in [4.69, 9.17) is 11.6 Å². The Morgan fingerprint density at radius 3 is 2.55 bits per heavy atom. The quantitative estimate of drug-likeness (QED) is 0.731. The van der Waals surface area contributed by atoms with Crippen LogP contribution in [0.25, 0.3) is 0 Å². The Morgan fingerprint density at radius 2 is 1.95 bits per heavy atom. The summed E-state index contributed by atoms with van der Waals surface area (Å²) in [6.45, 7) is 0.108. The maximum absolute atomic E-state index is 11.5. The molecule has 8 heteroatoms. The summed E-state index contributed by atoms with van der Waals surface area (Å²) >= 11 is 5.74. The van der Waals surface area contributed by atoms with Crippen LogP contribution in [0, 0.1) is 0 Å². The summed E-state index contributed by atoms with van der Waals surface area (Å²) in [5.41, 5.74) is 0.880. The number of benzene rings is 1. The second kappa shape index (κ2) is 8.21. The minimum absolute atomic E-state index is 0.0850. The van der Waals surface area contributed by atoms with Crippen molar-refractivity contribution in [1.29, 1.82) is 0 Å². The molecular formula is C12H17ClN2O4S. The number of amides is 1. The molecule has 2 N–H and O–H groups in total. The van der Waals surface area contributed by atoms with Gasteiger partial charge in [-0.1, -0.05) is 23.7 Å². The fourth-order valence-corrected chi connectivity index (χ4v) is 2.31. The van der Waals surface area contributed by atoms with Crippen molar-refractivity contribution in [3.05, 3.63) is 34.9 Å². The first-order chi connectivity index (χ1) is 9.43. The smallest absolute Gasteiger partial charge is 0.235 e. The van der Waals surface area contributed by atoms with Crippen molar-refractivity contribution in [3.8, 4) is 0 Å². The SMILES string of the molecule is COCCS(=O)(=O)NCC(=O)NCc1ccc(Cl)cc1. The van der Waals surface area contributed by atoms with Crippen LogP contribution >= 0.6 is 11.6 Å². The fourth-order valence-electron chi connectivity index (χ4n) is 1.31. The summed E-state index contributed by atoms with van der Waals surface area (Å²) < 4.78 is 29.7. The van der Waals surface area contributed by atoms with E-state index in [1.807, 2.05) is 0 Å². The van der Waals surface area contributed by atoms with Gasteiger partial charge in [0, 0.05) is 18.7 Å². The Balaban J connectivity index is 2.32. The minimum Gasteiger partial charge on any atom is -0.384 e. The molecule has 0 aliphatic carbocycles. The molecule has 0 bridgehead atoms. The first-order valence-corrected chi connectivity index (χ1v) is 7.93. The molecular weight excluding hydrogens is 304 g/mol. The number of methoxy groups -OCH3 is 1. The highest BCUT2D eigenvalue weighted by Gasteiger charge is 2.11.